The number of para-hydroxylation sites is 1. The summed E-state index contributed by atoms with van der Waals surface area (Å²) in [6, 6.07) is 14.3. The highest BCUT2D eigenvalue weighted by atomic mass is 32.2. The topological polar surface area (TPSA) is 63.1 Å². The van der Waals surface area contributed by atoms with Gasteiger partial charge in [-0.25, -0.2) is 0 Å². The molecular formula is C20H25N5OS2. The molecule has 28 heavy (non-hydrogen) atoms. The van der Waals surface area contributed by atoms with Gasteiger partial charge in [0.25, 0.3) is 0 Å². The molecule has 0 spiro atoms. The lowest BCUT2D eigenvalue weighted by Gasteiger charge is -2.19. The molecule has 6 nitrogen and oxygen atoms in total. The molecule has 0 aliphatic rings. The Hall–Kier alpha value is -2.32. The molecule has 2 heterocycles. The zero-order valence-electron chi connectivity index (χ0n) is 16.2. The second-order valence-electron chi connectivity index (χ2n) is 6.28. The molecule has 1 aromatic carbocycles. The minimum atomic E-state index is 0.0238. The number of carbonyl (C=O) groups is 1. The van der Waals surface area contributed by atoms with Crippen LogP contribution in [0.4, 0.5) is 5.69 Å². The first kappa shape index (κ1) is 20.4. The van der Waals surface area contributed by atoms with Crippen molar-refractivity contribution in [1.82, 2.24) is 20.1 Å². The molecule has 2 aromatic heterocycles. The van der Waals surface area contributed by atoms with E-state index in [1.807, 2.05) is 35.7 Å². The summed E-state index contributed by atoms with van der Waals surface area (Å²) < 4.78 is 2.05. The highest BCUT2D eigenvalue weighted by Gasteiger charge is 2.15. The van der Waals surface area contributed by atoms with Crippen molar-refractivity contribution in [2.45, 2.75) is 25.0 Å². The second-order valence-corrected chi connectivity index (χ2v) is 8.17. The Morgan fingerprint density at radius 2 is 2.04 bits per heavy atom. The number of amides is 1. The van der Waals surface area contributed by atoms with Crippen LogP contribution in [0, 0.1) is 0 Å². The van der Waals surface area contributed by atoms with Crippen LogP contribution in [0.15, 0.2) is 53.0 Å². The van der Waals surface area contributed by atoms with Crippen LogP contribution in [-0.2, 0) is 11.3 Å². The fraction of sp³-hybridized carbons (Fsp3) is 0.350. The van der Waals surface area contributed by atoms with Gasteiger partial charge in [-0.05, 0) is 36.9 Å². The number of nitrogens with one attached hydrogen (secondary N) is 1. The summed E-state index contributed by atoms with van der Waals surface area (Å²) in [4.78, 5) is 15.4. The first-order valence-electron chi connectivity index (χ1n) is 9.31. The van der Waals surface area contributed by atoms with Gasteiger partial charge in [-0.3, -0.25) is 4.79 Å². The van der Waals surface area contributed by atoms with Gasteiger partial charge in [0.15, 0.2) is 11.0 Å². The van der Waals surface area contributed by atoms with Gasteiger partial charge in [-0.15, -0.1) is 21.5 Å². The number of benzene rings is 1. The van der Waals surface area contributed by atoms with Gasteiger partial charge in [0, 0.05) is 32.4 Å². The van der Waals surface area contributed by atoms with Crippen LogP contribution in [0.3, 0.4) is 0 Å². The van der Waals surface area contributed by atoms with E-state index in [2.05, 4.69) is 51.1 Å². The van der Waals surface area contributed by atoms with Gasteiger partial charge < -0.3 is 14.8 Å². The van der Waals surface area contributed by atoms with Crippen molar-refractivity contribution in [2.24, 2.45) is 0 Å². The number of thiophene rings is 1. The molecule has 8 heteroatoms. The van der Waals surface area contributed by atoms with Crippen molar-refractivity contribution in [2.75, 3.05) is 30.8 Å². The third-order valence-electron chi connectivity index (χ3n) is 4.30. The predicted octanol–water partition coefficient (Wildman–Crippen LogP) is 3.76. The summed E-state index contributed by atoms with van der Waals surface area (Å²) in [6.45, 7) is 4.40. The summed E-state index contributed by atoms with van der Waals surface area (Å²) >= 11 is 3.07. The van der Waals surface area contributed by atoms with Crippen LogP contribution in [-0.4, -0.2) is 46.6 Å². The van der Waals surface area contributed by atoms with Gasteiger partial charge >= 0.3 is 0 Å². The Balaban J connectivity index is 1.41. The van der Waals surface area contributed by atoms with Crippen molar-refractivity contribution in [3.63, 3.8) is 0 Å². The molecule has 0 radical (unpaired) electrons. The lowest BCUT2D eigenvalue weighted by molar-refractivity contribution is -0.118. The summed E-state index contributed by atoms with van der Waals surface area (Å²) in [7, 11) is 2.07. The molecule has 0 aliphatic heterocycles. The third kappa shape index (κ3) is 5.36. The summed E-state index contributed by atoms with van der Waals surface area (Å²) in [6.07, 6.45) is 0.898. The van der Waals surface area contributed by atoms with E-state index in [1.54, 1.807) is 11.3 Å². The lowest BCUT2D eigenvalue weighted by atomic mass is 10.3. The molecule has 0 saturated carbocycles. The molecule has 1 N–H and O–H groups in total. The van der Waals surface area contributed by atoms with E-state index >= 15 is 0 Å². The summed E-state index contributed by atoms with van der Waals surface area (Å²) in [5, 5.41) is 14.4. The predicted molar refractivity (Wildman–Crippen MR) is 117 cm³/mol. The van der Waals surface area contributed by atoms with Crippen molar-refractivity contribution in [1.29, 1.82) is 0 Å². The minimum absolute atomic E-state index is 0.0238. The van der Waals surface area contributed by atoms with Crippen LogP contribution >= 0.6 is 23.1 Å². The molecule has 0 atom stereocenters. The Bertz CT molecular complexity index is 864. The highest BCUT2D eigenvalue weighted by molar-refractivity contribution is 7.99. The largest absolute Gasteiger partial charge is 0.375 e. The number of hydrogen-bond donors (Lipinski definition) is 1. The molecule has 148 valence electrons. The maximum absolute atomic E-state index is 12.2. The van der Waals surface area contributed by atoms with Crippen LogP contribution in [0.25, 0.3) is 10.7 Å². The highest BCUT2D eigenvalue weighted by Crippen LogP contribution is 2.26. The number of nitrogens with zero attached hydrogens (tertiary/aromatic N) is 4. The van der Waals surface area contributed by atoms with Crippen molar-refractivity contribution >= 4 is 34.7 Å². The number of rotatable bonds is 10. The minimum Gasteiger partial charge on any atom is -0.375 e. The van der Waals surface area contributed by atoms with E-state index in [9.17, 15) is 4.79 Å². The van der Waals surface area contributed by atoms with Gasteiger partial charge in [0.1, 0.15) is 0 Å². The van der Waals surface area contributed by atoms with Crippen LogP contribution < -0.4 is 10.2 Å². The van der Waals surface area contributed by atoms with E-state index in [0.717, 1.165) is 35.4 Å². The normalized spacial score (nSPS) is 10.8. The second kappa shape index (κ2) is 10.3. The molecule has 0 saturated heterocycles. The lowest BCUT2D eigenvalue weighted by Crippen LogP contribution is -2.29. The smallest absolute Gasteiger partial charge is 0.230 e. The Labute approximate surface area is 174 Å². The van der Waals surface area contributed by atoms with E-state index in [4.69, 9.17) is 0 Å². The summed E-state index contributed by atoms with van der Waals surface area (Å²) in [5.41, 5.74) is 1.19. The van der Waals surface area contributed by atoms with Crippen LogP contribution in [0.1, 0.15) is 13.3 Å². The molecule has 0 unspecified atom stereocenters. The number of aromatic nitrogens is 3. The SMILES string of the molecule is CCn1c(SCC(=O)NCCCN(C)c2ccccc2)nnc1-c1cccs1. The first-order chi connectivity index (χ1) is 13.7. The number of carbonyl (C=O) groups excluding carboxylic acids is 1. The van der Waals surface area contributed by atoms with E-state index in [-0.39, 0.29) is 5.91 Å². The molecule has 3 aromatic rings. The third-order valence-corrected chi connectivity index (χ3v) is 6.13. The fourth-order valence-corrected chi connectivity index (χ4v) is 4.35. The van der Waals surface area contributed by atoms with E-state index in [0.29, 0.717) is 12.3 Å². The molecule has 0 bridgehead atoms. The molecule has 1 amide bonds. The fourth-order valence-electron chi connectivity index (χ4n) is 2.81. The van der Waals surface area contributed by atoms with Gasteiger partial charge in [-0.2, -0.15) is 0 Å². The molecule has 0 aliphatic carbocycles. The maximum Gasteiger partial charge on any atom is 0.230 e. The number of thioether (sulfide) groups is 1. The van der Waals surface area contributed by atoms with Gasteiger partial charge in [-0.1, -0.05) is 36.0 Å². The van der Waals surface area contributed by atoms with Crippen molar-refractivity contribution in [3.05, 3.63) is 47.8 Å². The monoisotopic (exact) mass is 415 g/mol. The van der Waals surface area contributed by atoms with E-state index < -0.39 is 0 Å². The maximum atomic E-state index is 12.2. The van der Waals surface area contributed by atoms with Crippen molar-refractivity contribution < 1.29 is 4.79 Å². The molecule has 0 fully saturated rings. The standard InChI is InChI=1S/C20H25N5OS2/c1-3-25-19(17-11-7-14-27-17)22-23-20(25)28-15-18(26)21-12-8-13-24(2)16-9-5-4-6-10-16/h4-7,9-11,14H,3,8,12-13,15H2,1-2H3,(H,21,26). The van der Waals surface area contributed by atoms with Gasteiger partial charge in [0.2, 0.25) is 5.91 Å². The zero-order chi connectivity index (χ0) is 19.8. The molecular weight excluding hydrogens is 390 g/mol. The average molecular weight is 416 g/mol. The van der Waals surface area contributed by atoms with Crippen molar-refractivity contribution in [3.8, 4) is 10.7 Å². The average Bonchev–Trinajstić information content (AvgIpc) is 3.39. The Morgan fingerprint density at radius 3 is 2.75 bits per heavy atom. The Kier molecular flexibility index (Phi) is 7.50. The Morgan fingerprint density at radius 1 is 1.21 bits per heavy atom. The number of hydrogen-bond acceptors (Lipinski definition) is 6. The summed E-state index contributed by atoms with van der Waals surface area (Å²) in [5.74, 6) is 1.23. The van der Waals surface area contributed by atoms with Crippen LogP contribution in [0.2, 0.25) is 0 Å². The quantitative estimate of drug-likeness (QED) is 0.403. The van der Waals surface area contributed by atoms with Crippen LogP contribution in [0.5, 0.6) is 0 Å². The first-order valence-corrected chi connectivity index (χ1v) is 11.2. The molecule has 3 rings (SSSR count). The van der Waals surface area contributed by atoms with E-state index in [1.165, 1.54) is 17.4 Å². The number of anilines is 1. The zero-order valence-corrected chi connectivity index (χ0v) is 17.8. The van der Waals surface area contributed by atoms with Gasteiger partial charge in [0.05, 0.1) is 10.6 Å².